The van der Waals surface area contributed by atoms with Crippen LogP contribution in [0.3, 0.4) is 0 Å². The van der Waals surface area contributed by atoms with E-state index in [4.69, 9.17) is 5.73 Å². The van der Waals surface area contributed by atoms with E-state index in [1.165, 1.54) is 16.0 Å². The van der Waals surface area contributed by atoms with Gasteiger partial charge in [0.05, 0.1) is 0 Å². The minimum atomic E-state index is 0. The molecule has 74 valence electrons. The standard InChI is InChI=1S/C11H11NS.ClH/c12-7-11-6-10(8-13-11)9-4-2-1-3-5-9;/h1-6,8H,7,12H2;1H. The third-order valence-electron chi connectivity index (χ3n) is 1.96. The second-order valence-electron chi connectivity index (χ2n) is 2.87. The van der Waals surface area contributed by atoms with Crippen molar-refractivity contribution in [2.24, 2.45) is 5.73 Å². The molecule has 0 atom stereocenters. The third kappa shape index (κ3) is 2.35. The zero-order valence-corrected chi connectivity index (χ0v) is 9.28. The fraction of sp³-hybridized carbons (Fsp3) is 0.0909. The Balaban J connectivity index is 0.000000980. The fourth-order valence-electron chi connectivity index (χ4n) is 1.27. The highest BCUT2D eigenvalue weighted by atomic mass is 35.5. The largest absolute Gasteiger partial charge is 0.326 e. The number of benzene rings is 1. The summed E-state index contributed by atoms with van der Waals surface area (Å²) in [6.45, 7) is 0.636. The van der Waals surface area contributed by atoms with Crippen LogP contribution < -0.4 is 5.73 Å². The predicted octanol–water partition coefficient (Wildman–Crippen LogP) is 3.30. The molecular weight excluding hydrogens is 214 g/mol. The number of hydrogen-bond acceptors (Lipinski definition) is 2. The Morgan fingerprint density at radius 3 is 2.36 bits per heavy atom. The van der Waals surface area contributed by atoms with Gasteiger partial charge in [0.1, 0.15) is 0 Å². The first-order chi connectivity index (χ1) is 6.40. The number of halogens is 1. The second kappa shape index (κ2) is 5.15. The summed E-state index contributed by atoms with van der Waals surface area (Å²) in [6, 6.07) is 12.5. The van der Waals surface area contributed by atoms with E-state index in [1.54, 1.807) is 11.3 Å². The molecule has 0 aliphatic carbocycles. The Morgan fingerprint density at radius 1 is 1.07 bits per heavy atom. The molecule has 2 rings (SSSR count). The van der Waals surface area contributed by atoms with Crippen LogP contribution in [0.5, 0.6) is 0 Å². The summed E-state index contributed by atoms with van der Waals surface area (Å²) in [5.41, 5.74) is 8.08. The van der Waals surface area contributed by atoms with Crippen LogP contribution in [-0.2, 0) is 6.54 Å². The minimum Gasteiger partial charge on any atom is -0.326 e. The molecule has 0 amide bonds. The van der Waals surface area contributed by atoms with Crippen LogP contribution in [0.15, 0.2) is 41.8 Å². The molecule has 1 aromatic heterocycles. The molecule has 0 unspecified atom stereocenters. The molecule has 1 nitrogen and oxygen atoms in total. The molecule has 1 aromatic carbocycles. The van der Waals surface area contributed by atoms with Crippen molar-refractivity contribution in [3.8, 4) is 11.1 Å². The van der Waals surface area contributed by atoms with Crippen LogP contribution in [-0.4, -0.2) is 0 Å². The van der Waals surface area contributed by atoms with Gasteiger partial charge in [-0.3, -0.25) is 0 Å². The van der Waals surface area contributed by atoms with Gasteiger partial charge in [-0.1, -0.05) is 30.3 Å². The Hall–Kier alpha value is -0.830. The van der Waals surface area contributed by atoms with E-state index in [0.717, 1.165) is 0 Å². The van der Waals surface area contributed by atoms with Crippen molar-refractivity contribution in [2.45, 2.75) is 6.54 Å². The zero-order chi connectivity index (χ0) is 9.10. The van der Waals surface area contributed by atoms with Gasteiger partial charge in [0, 0.05) is 11.4 Å². The fourth-order valence-corrected chi connectivity index (χ4v) is 2.04. The Morgan fingerprint density at radius 2 is 1.79 bits per heavy atom. The highest BCUT2D eigenvalue weighted by molar-refractivity contribution is 7.10. The minimum absolute atomic E-state index is 0. The quantitative estimate of drug-likeness (QED) is 0.834. The average Bonchev–Trinajstić information content (AvgIpc) is 2.67. The Bertz CT molecular complexity index is 383. The summed E-state index contributed by atoms with van der Waals surface area (Å²) in [5, 5.41) is 2.15. The van der Waals surface area contributed by atoms with Crippen molar-refractivity contribution in [3.05, 3.63) is 46.7 Å². The van der Waals surface area contributed by atoms with Gasteiger partial charge in [-0.15, -0.1) is 23.7 Å². The van der Waals surface area contributed by atoms with Crippen LogP contribution in [0.1, 0.15) is 4.88 Å². The van der Waals surface area contributed by atoms with E-state index >= 15 is 0 Å². The van der Waals surface area contributed by atoms with Crippen LogP contribution in [0.2, 0.25) is 0 Å². The molecule has 0 aliphatic rings. The van der Waals surface area contributed by atoms with Gasteiger partial charge in [0.25, 0.3) is 0 Å². The van der Waals surface area contributed by atoms with Crippen LogP contribution in [0.4, 0.5) is 0 Å². The molecule has 14 heavy (non-hydrogen) atoms. The molecule has 1 heterocycles. The summed E-state index contributed by atoms with van der Waals surface area (Å²) in [5.74, 6) is 0. The summed E-state index contributed by atoms with van der Waals surface area (Å²) in [7, 11) is 0. The van der Waals surface area contributed by atoms with Crippen molar-refractivity contribution in [1.29, 1.82) is 0 Å². The molecule has 3 heteroatoms. The first-order valence-corrected chi connectivity index (χ1v) is 5.11. The lowest BCUT2D eigenvalue weighted by molar-refractivity contribution is 1.11. The molecular formula is C11H12ClNS. The third-order valence-corrected chi connectivity index (χ3v) is 2.92. The van der Waals surface area contributed by atoms with Gasteiger partial charge in [-0.05, 0) is 22.6 Å². The topological polar surface area (TPSA) is 26.0 Å². The molecule has 0 radical (unpaired) electrons. The molecule has 0 fully saturated rings. The van der Waals surface area contributed by atoms with E-state index in [-0.39, 0.29) is 12.4 Å². The van der Waals surface area contributed by atoms with Gasteiger partial charge < -0.3 is 5.73 Å². The van der Waals surface area contributed by atoms with Crippen LogP contribution in [0, 0.1) is 0 Å². The molecule has 2 N–H and O–H groups in total. The van der Waals surface area contributed by atoms with Gasteiger partial charge in [-0.2, -0.15) is 0 Å². The van der Waals surface area contributed by atoms with Crippen LogP contribution >= 0.6 is 23.7 Å². The molecule has 0 bridgehead atoms. The van der Waals surface area contributed by atoms with Crippen molar-refractivity contribution < 1.29 is 0 Å². The normalized spacial score (nSPS) is 9.50. The van der Waals surface area contributed by atoms with E-state index in [2.05, 4.69) is 35.7 Å². The lowest BCUT2D eigenvalue weighted by atomic mass is 10.1. The molecule has 0 saturated heterocycles. The highest BCUT2D eigenvalue weighted by Crippen LogP contribution is 2.24. The van der Waals surface area contributed by atoms with E-state index < -0.39 is 0 Å². The van der Waals surface area contributed by atoms with Crippen LogP contribution in [0.25, 0.3) is 11.1 Å². The summed E-state index contributed by atoms with van der Waals surface area (Å²) in [6.07, 6.45) is 0. The first-order valence-electron chi connectivity index (χ1n) is 4.23. The average molecular weight is 226 g/mol. The highest BCUT2D eigenvalue weighted by Gasteiger charge is 1.99. The van der Waals surface area contributed by atoms with E-state index in [9.17, 15) is 0 Å². The number of rotatable bonds is 2. The lowest BCUT2D eigenvalue weighted by Gasteiger charge is -1.94. The molecule has 0 saturated carbocycles. The van der Waals surface area contributed by atoms with Crippen molar-refractivity contribution in [1.82, 2.24) is 0 Å². The van der Waals surface area contributed by atoms with Crippen molar-refractivity contribution >= 4 is 23.7 Å². The van der Waals surface area contributed by atoms with E-state index in [1.807, 2.05) is 6.07 Å². The summed E-state index contributed by atoms with van der Waals surface area (Å²) in [4.78, 5) is 1.24. The van der Waals surface area contributed by atoms with E-state index in [0.29, 0.717) is 6.54 Å². The maximum Gasteiger partial charge on any atom is 0.0274 e. The first kappa shape index (κ1) is 11.2. The number of nitrogens with two attached hydrogens (primary N) is 1. The van der Waals surface area contributed by atoms with Gasteiger partial charge in [0.2, 0.25) is 0 Å². The van der Waals surface area contributed by atoms with Gasteiger partial charge in [-0.25, -0.2) is 0 Å². The van der Waals surface area contributed by atoms with Crippen molar-refractivity contribution in [2.75, 3.05) is 0 Å². The maximum atomic E-state index is 5.55. The van der Waals surface area contributed by atoms with Gasteiger partial charge >= 0.3 is 0 Å². The Kier molecular flexibility index (Phi) is 4.14. The van der Waals surface area contributed by atoms with Crippen molar-refractivity contribution in [3.63, 3.8) is 0 Å². The predicted molar refractivity (Wildman–Crippen MR) is 64.9 cm³/mol. The SMILES string of the molecule is Cl.NCc1cc(-c2ccccc2)cs1. The smallest absolute Gasteiger partial charge is 0.0274 e. The van der Waals surface area contributed by atoms with Gasteiger partial charge in [0.15, 0.2) is 0 Å². The second-order valence-corrected chi connectivity index (χ2v) is 3.87. The lowest BCUT2D eigenvalue weighted by Crippen LogP contribution is -1.91. The monoisotopic (exact) mass is 225 g/mol. The number of hydrogen-bond donors (Lipinski definition) is 1. The molecule has 0 aliphatic heterocycles. The number of thiophene rings is 1. The maximum absolute atomic E-state index is 5.55. The molecule has 2 aromatic rings. The molecule has 0 spiro atoms. The Labute approximate surface area is 94.0 Å². The summed E-state index contributed by atoms with van der Waals surface area (Å²) >= 11 is 1.72. The zero-order valence-electron chi connectivity index (χ0n) is 7.64. The summed E-state index contributed by atoms with van der Waals surface area (Å²) < 4.78 is 0.